The van der Waals surface area contributed by atoms with Gasteiger partial charge in [-0.2, -0.15) is 0 Å². The summed E-state index contributed by atoms with van der Waals surface area (Å²) in [5.41, 5.74) is 5.05. The molecule has 4 heteroatoms. The van der Waals surface area contributed by atoms with Gasteiger partial charge in [-0.25, -0.2) is 4.79 Å². The molecule has 4 rings (SSSR count). The van der Waals surface area contributed by atoms with E-state index in [0.29, 0.717) is 6.61 Å². The first kappa shape index (κ1) is 16.2. The zero-order valence-electron chi connectivity index (χ0n) is 12.9. The van der Waals surface area contributed by atoms with Crippen molar-refractivity contribution < 1.29 is 28.1 Å². The van der Waals surface area contributed by atoms with Crippen molar-refractivity contribution in [2.45, 2.75) is 18.8 Å². The third-order valence-corrected chi connectivity index (χ3v) is 4.70. The van der Waals surface area contributed by atoms with Crippen molar-refractivity contribution in [1.82, 2.24) is 4.90 Å². The van der Waals surface area contributed by atoms with Crippen LogP contribution in [0.1, 0.15) is 29.9 Å². The molecular formula is C19H19NO2V. The predicted octanol–water partition coefficient (Wildman–Crippen LogP) is 4.03. The topological polar surface area (TPSA) is 29.5 Å². The molecule has 117 valence electrons. The van der Waals surface area contributed by atoms with Crippen molar-refractivity contribution in [2.75, 3.05) is 19.7 Å². The van der Waals surface area contributed by atoms with Crippen molar-refractivity contribution in [3.63, 3.8) is 0 Å². The van der Waals surface area contributed by atoms with Gasteiger partial charge in [-0.1, -0.05) is 48.5 Å². The van der Waals surface area contributed by atoms with Crippen LogP contribution in [0.15, 0.2) is 48.5 Å². The number of hydrogen-bond donors (Lipinski definition) is 0. The van der Waals surface area contributed by atoms with Gasteiger partial charge in [-0.05, 0) is 35.1 Å². The van der Waals surface area contributed by atoms with Crippen LogP contribution in [0.25, 0.3) is 11.1 Å². The Bertz CT molecular complexity index is 665. The number of rotatable bonds is 2. The number of carbonyl (C=O) groups excluding carboxylic acids is 1. The number of hydrogen-bond acceptors (Lipinski definition) is 2. The van der Waals surface area contributed by atoms with Crippen LogP contribution in [0, 0.1) is 0 Å². The number of amides is 1. The molecule has 1 fully saturated rings. The molecule has 3 nitrogen and oxygen atoms in total. The maximum Gasteiger partial charge on any atom is 0.409 e. The predicted molar refractivity (Wildman–Crippen MR) is 85.9 cm³/mol. The maximum atomic E-state index is 12.1. The molecule has 0 atom stereocenters. The first-order valence-electron chi connectivity index (χ1n) is 7.94. The fraction of sp³-hybridized carbons (Fsp3) is 0.316. The Kier molecular flexibility index (Phi) is 4.79. The summed E-state index contributed by atoms with van der Waals surface area (Å²) in [5, 5.41) is 0. The molecule has 0 spiro atoms. The van der Waals surface area contributed by atoms with Crippen molar-refractivity contribution >= 4 is 6.09 Å². The van der Waals surface area contributed by atoms with Gasteiger partial charge in [0.25, 0.3) is 0 Å². The Hall–Kier alpha value is -1.71. The van der Waals surface area contributed by atoms with E-state index in [1.165, 1.54) is 22.3 Å². The van der Waals surface area contributed by atoms with E-state index in [-0.39, 0.29) is 30.6 Å². The molecule has 1 heterocycles. The Morgan fingerprint density at radius 1 is 0.957 bits per heavy atom. The molecule has 0 unspecified atom stereocenters. The van der Waals surface area contributed by atoms with Crippen LogP contribution >= 0.6 is 0 Å². The van der Waals surface area contributed by atoms with Crippen LogP contribution in [0.3, 0.4) is 0 Å². The second-order valence-electron chi connectivity index (χ2n) is 6.00. The summed E-state index contributed by atoms with van der Waals surface area (Å²) in [6, 6.07) is 16.8. The molecule has 0 aromatic heterocycles. The third-order valence-electron chi connectivity index (χ3n) is 4.70. The van der Waals surface area contributed by atoms with Gasteiger partial charge in [0, 0.05) is 37.6 Å². The van der Waals surface area contributed by atoms with Gasteiger partial charge >= 0.3 is 6.09 Å². The molecule has 0 saturated carbocycles. The second-order valence-corrected chi connectivity index (χ2v) is 6.00. The minimum absolute atomic E-state index is 0. The standard InChI is InChI=1S/C19H19NO2.V/c21-19(20-11-5-6-12-20)22-13-18-16-9-3-1-7-14(16)15-8-2-4-10-17(15)18;/h1-4,7-10,18H,5-6,11-13H2;. The van der Waals surface area contributed by atoms with Gasteiger partial charge in [0.15, 0.2) is 0 Å². The van der Waals surface area contributed by atoms with Gasteiger partial charge in [-0.3, -0.25) is 0 Å². The molecule has 2 aromatic carbocycles. The molecule has 2 aromatic rings. The maximum absolute atomic E-state index is 12.1. The summed E-state index contributed by atoms with van der Waals surface area (Å²) in [7, 11) is 0. The molecule has 1 aliphatic carbocycles. The quantitative estimate of drug-likeness (QED) is 0.823. The zero-order valence-corrected chi connectivity index (χ0v) is 14.3. The molecule has 1 radical (unpaired) electrons. The van der Waals surface area contributed by atoms with Crippen LogP contribution in [0.2, 0.25) is 0 Å². The summed E-state index contributed by atoms with van der Waals surface area (Å²) in [6.45, 7) is 2.08. The first-order valence-corrected chi connectivity index (χ1v) is 7.94. The molecule has 0 N–H and O–H groups in total. The minimum Gasteiger partial charge on any atom is -0.448 e. The first-order chi connectivity index (χ1) is 10.8. The van der Waals surface area contributed by atoms with Crippen molar-refractivity contribution in [3.8, 4) is 11.1 Å². The SMILES string of the molecule is O=C(OCC1c2ccccc2-c2ccccc21)N1CCCC1.[V]. The van der Waals surface area contributed by atoms with E-state index < -0.39 is 0 Å². The number of ether oxygens (including phenoxy) is 1. The number of likely N-dealkylation sites (tertiary alicyclic amines) is 1. The Morgan fingerprint density at radius 2 is 1.48 bits per heavy atom. The monoisotopic (exact) mass is 344 g/mol. The number of benzene rings is 2. The normalized spacial score (nSPS) is 15.7. The fourth-order valence-corrected chi connectivity index (χ4v) is 3.59. The number of nitrogens with zero attached hydrogens (tertiary/aromatic N) is 1. The fourth-order valence-electron chi connectivity index (χ4n) is 3.59. The molecule has 1 aliphatic heterocycles. The van der Waals surface area contributed by atoms with E-state index in [9.17, 15) is 4.79 Å². The Labute approximate surface area is 148 Å². The summed E-state index contributed by atoms with van der Waals surface area (Å²) in [6.07, 6.45) is 2.01. The zero-order chi connectivity index (χ0) is 14.9. The summed E-state index contributed by atoms with van der Waals surface area (Å²) in [4.78, 5) is 13.9. The van der Waals surface area contributed by atoms with Gasteiger partial charge in [0.2, 0.25) is 0 Å². The smallest absolute Gasteiger partial charge is 0.409 e. The van der Waals surface area contributed by atoms with Crippen LogP contribution in [-0.4, -0.2) is 30.7 Å². The molecule has 1 saturated heterocycles. The van der Waals surface area contributed by atoms with Crippen LogP contribution < -0.4 is 0 Å². The third kappa shape index (κ3) is 2.91. The van der Waals surface area contributed by atoms with Crippen molar-refractivity contribution in [1.29, 1.82) is 0 Å². The van der Waals surface area contributed by atoms with E-state index in [4.69, 9.17) is 4.74 Å². The minimum atomic E-state index is -0.167. The van der Waals surface area contributed by atoms with Crippen molar-refractivity contribution in [2.24, 2.45) is 0 Å². The molecule has 0 bridgehead atoms. The Balaban J connectivity index is 0.00000156. The van der Waals surface area contributed by atoms with E-state index in [2.05, 4.69) is 48.5 Å². The van der Waals surface area contributed by atoms with E-state index in [1.807, 2.05) is 4.90 Å². The number of fused-ring (bicyclic) bond motifs is 3. The molecule has 23 heavy (non-hydrogen) atoms. The van der Waals surface area contributed by atoms with Gasteiger partial charge < -0.3 is 9.64 Å². The summed E-state index contributed by atoms with van der Waals surface area (Å²) < 4.78 is 5.61. The average molecular weight is 344 g/mol. The molecular weight excluding hydrogens is 325 g/mol. The number of carbonyl (C=O) groups is 1. The van der Waals surface area contributed by atoms with E-state index in [1.54, 1.807) is 0 Å². The van der Waals surface area contributed by atoms with Gasteiger partial charge in [0.1, 0.15) is 6.61 Å². The molecule has 2 aliphatic rings. The average Bonchev–Trinajstić information content (AvgIpc) is 3.20. The Morgan fingerprint density at radius 3 is 2.04 bits per heavy atom. The van der Waals surface area contributed by atoms with Crippen LogP contribution in [-0.2, 0) is 23.3 Å². The largest absolute Gasteiger partial charge is 0.448 e. The summed E-state index contributed by atoms with van der Waals surface area (Å²) in [5.74, 6) is 0.152. The van der Waals surface area contributed by atoms with E-state index in [0.717, 1.165) is 25.9 Å². The van der Waals surface area contributed by atoms with Gasteiger partial charge in [-0.15, -0.1) is 0 Å². The van der Waals surface area contributed by atoms with Gasteiger partial charge in [0.05, 0.1) is 0 Å². The van der Waals surface area contributed by atoms with Crippen molar-refractivity contribution in [3.05, 3.63) is 59.7 Å². The summed E-state index contributed by atoms with van der Waals surface area (Å²) >= 11 is 0. The van der Waals surface area contributed by atoms with E-state index >= 15 is 0 Å². The van der Waals surface area contributed by atoms with Crippen LogP contribution in [0.4, 0.5) is 4.79 Å². The molecule has 1 amide bonds. The van der Waals surface area contributed by atoms with Crippen LogP contribution in [0.5, 0.6) is 0 Å². The second kappa shape index (κ2) is 6.82.